The van der Waals surface area contributed by atoms with Gasteiger partial charge in [-0.25, -0.2) is 0 Å². The number of hydrogen-bond donors (Lipinski definition) is 3. The quantitative estimate of drug-likeness (QED) is 0.498. The van der Waals surface area contributed by atoms with E-state index in [-0.39, 0.29) is 11.8 Å². The average Bonchev–Trinajstić information content (AvgIpc) is 3.18. The van der Waals surface area contributed by atoms with Crippen molar-refractivity contribution in [2.24, 2.45) is 11.8 Å². The van der Waals surface area contributed by atoms with E-state index >= 15 is 0 Å². The summed E-state index contributed by atoms with van der Waals surface area (Å²) in [6.07, 6.45) is 4.80. The SMILES string of the molecule is CC(C)C(=O)Nc1ccc2[nH]cc(C(C(=O)O)N3CCC(Cc4ccccc4)CC3)c2c1. The standard InChI is InChI=1S/C26H31N3O3/c1-17(2)25(30)28-20-8-9-23-21(15-20)22(16-27-23)24(26(31)32)29-12-10-19(11-13-29)14-18-6-4-3-5-7-18/h3-9,15-17,19,24,27H,10-14H2,1-2H3,(H,28,30)(H,31,32). The minimum absolute atomic E-state index is 0.0586. The third-order valence-electron chi connectivity index (χ3n) is 6.42. The van der Waals surface area contributed by atoms with Gasteiger partial charge in [-0.1, -0.05) is 44.2 Å². The summed E-state index contributed by atoms with van der Waals surface area (Å²) in [4.78, 5) is 29.7. The van der Waals surface area contributed by atoms with Crippen molar-refractivity contribution in [1.82, 2.24) is 9.88 Å². The molecule has 0 saturated carbocycles. The summed E-state index contributed by atoms with van der Waals surface area (Å²) in [5.41, 5.74) is 3.64. The lowest BCUT2D eigenvalue weighted by molar-refractivity contribution is -0.144. The van der Waals surface area contributed by atoms with Gasteiger partial charge >= 0.3 is 5.97 Å². The smallest absolute Gasteiger partial charge is 0.325 e. The van der Waals surface area contributed by atoms with Crippen LogP contribution in [0.4, 0.5) is 5.69 Å². The number of fused-ring (bicyclic) bond motifs is 1. The third kappa shape index (κ3) is 4.86. The average molecular weight is 434 g/mol. The Balaban J connectivity index is 1.51. The van der Waals surface area contributed by atoms with Gasteiger partial charge in [-0.3, -0.25) is 14.5 Å². The Morgan fingerprint density at radius 1 is 1.12 bits per heavy atom. The van der Waals surface area contributed by atoms with Crippen LogP contribution >= 0.6 is 0 Å². The number of hydrogen-bond acceptors (Lipinski definition) is 3. The second kappa shape index (κ2) is 9.57. The Hall–Kier alpha value is -3.12. The first-order chi connectivity index (χ1) is 15.4. The zero-order chi connectivity index (χ0) is 22.7. The van der Waals surface area contributed by atoms with Crippen molar-refractivity contribution in [3.63, 3.8) is 0 Å². The van der Waals surface area contributed by atoms with E-state index in [9.17, 15) is 14.7 Å². The van der Waals surface area contributed by atoms with Crippen LogP contribution in [0.25, 0.3) is 10.9 Å². The van der Waals surface area contributed by atoms with Gasteiger partial charge < -0.3 is 15.4 Å². The number of benzene rings is 2. The van der Waals surface area contributed by atoms with Crippen molar-refractivity contribution in [2.45, 2.75) is 39.2 Å². The van der Waals surface area contributed by atoms with Crippen molar-refractivity contribution in [3.05, 3.63) is 65.9 Å². The molecule has 1 saturated heterocycles. The molecule has 0 aliphatic carbocycles. The van der Waals surface area contributed by atoms with Crippen LogP contribution in [-0.2, 0) is 16.0 Å². The predicted octanol–water partition coefficient (Wildman–Crippen LogP) is 4.84. The lowest BCUT2D eigenvalue weighted by atomic mass is 9.89. The number of anilines is 1. The lowest BCUT2D eigenvalue weighted by Gasteiger charge is -2.35. The minimum atomic E-state index is -0.843. The van der Waals surface area contributed by atoms with Gasteiger partial charge in [0.1, 0.15) is 6.04 Å². The number of nitrogens with zero attached hydrogens (tertiary/aromatic N) is 1. The number of carbonyl (C=O) groups excluding carboxylic acids is 1. The molecule has 0 radical (unpaired) electrons. The highest BCUT2D eigenvalue weighted by Crippen LogP contribution is 2.34. The normalized spacial score (nSPS) is 16.3. The molecule has 6 nitrogen and oxygen atoms in total. The topological polar surface area (TPSA) is 85.4 Å². The van der Waals surface area contributed by atoms with Crippen LogP contribution < -0.4 is 5.32 Å². The van der Waals surface area contributed by atoms with Crippen LogP contribution in [0.3, 0.4) is 0 Å². The fourth-order valence-electron chi connectivity index (χ4n) is 4.58. The maximum absolute atomic E-state index is 12.3. The van der Waals surface area contributed by atoms with Crippen molar-refractivity contribution in [1.29, 1.82) is 0 Å². The monoisotopic (exact) mass is 433 g/mol. The summed E-state index contributed by atoms with van der Waals surface area (Å²) in [6, 6.07) is 15.4. The van der Waals surface area contributed by atoms with Crippen LogP contribution in [0.5, 0.6) is 0 Å². The number of rotatable bonds is 7. The first-order valence-corrected chi connectivity index (χ1v) is 11.3. The maximum Gasteiger partial charge on any atom is 0.325 e. The van der Waals surface area contributed by atoms with Crippen LogP contribution in [0, 0.1) is 11.8 Å². The molecule has 2 aromatic carbocycles. The summed E-state index contributed by atoms with van der Waals surface area (Å²) in [5, 5.41) is 13.9. The molecular formula is C26H31N3O3. The van der Waals surface area contributed by atoms with Gasteiger partial charge in [0.2, 0.25) is 5.91 Å². The van der Waals surface area contributed by atoms with Crippen LogP contribution in [-0.4, -0.2) is 40.0 Å². The van der Waals surface area contributed by atoms with Gasteiger partial charge in [0, 0.05) is 34.3 Å². The number of carboxylic acids is 1. The van der Waals surface area contributed by atoms with Gasteiger partial charge in [0.25, 0.3) is 0 Å². The molecule has 3 N–H and O–H groups in total. The molecule has 2 heterocycles. The first kappa shape index (κ1) is 22.1. The highest BCUT2D eigenvalue weighted by molar-refractivity contribution is 5.96. The fraction of sp³-hybridized carbons (Fsp3) is 0.385. The second-order valence-corrected chi connectivity index (χ2v) is 9.06. The molecule has 3 aromatic rings. The van der Waals surface area contributed by atoms with Gasteiger partial charge in [0.15, 0.2) is 0 Å². The van der Waals surface area contributed by atoms with E-state index in [0.717, 1.165) is 48.8 Å². The van der Waals surface area contributed by atoms with E-state index in [4.69, 9.17) is 0 Å². The third-order valence-corrected chi connectivity index (χ3v) is 6.42. The largest absolute Gasteiger partial charge is 0.480 e. The number of carboxylic acid groups (broad SMARTS) is 1. The van der Waals surface area contributed by atoms with Gasteiger partial charge in [0.05, 0.1) is 0 Å². The Labute approximate surface area is 188 Å². The molecule has 1 aliphatic rings. The zero-order valence-electron chi connectivity index (χ0n) is 18.7. The predicted molar refractivity (Wildman–Crippen MR) is 127 cm³/mol. The van der Waals surface area contributed by atoms with Crippen LogP contribution in [0.1, 0.15) is 43.9 Å². The number of aromatic amines is 1. The summed E-state index contributed by atoms with van der Waals surface area (Å²) in [7, 11) is 0. The molecule has 0 spiro atoms. The minimum Gasteiger partial charge on any atom is -0.480 e. The molecule has 1 aromatic heterocycles. The van der Waals surface area contributed by atoms with E-state index in [2.05, 4.69) is 39.5 Å². The summed E-state index contributed by atoms with van der Waals surface area (Å²) >= 11 is 0. The molecule has 1 fully saturated rings. The Kier molecular flexibility index (Phi) is 6.61. The van der Waals surface area contributed by atoms with Gasteiger partial charge in [-0.2, -0.15) is 0 Å². The molecule has 168 valence electrons. The molecule has 32 heavy (non-hydrogen) atoms. The molecular weight excluding hydrogens is 402 g/mol. The van der Waals surface area contributed by atoms with E-state index in [1.165, 1.54) is 5.56 Å². The summed E-state index contributed by atoms with van der Waals surface area (Å²) < 4.78 is 0. The number of piperidine rings is 1. The number of nitrogens with one attached hydrogen (secondary N) is 2. The fourth-order valence-corrected chi connectivity index (χ4v) is 4.58. The number of H-pyrrole nitrogens is 1. The first-order valence-electron chi connectivity index (χ1n) is 11.3. The molecule has 1 aliphatic heterocycles. The maximum atomic E-state index is 12.3. The molecule has 1 atom stereocenters. The number of aromatic nitrogens is 1. The molecule has 4 rings (SSSR count). The Morgan fingerprint density at radius 3 is 2.50 bits per heavy atom. The Morgan fingerprint density at radius 2 is 1.84 bits per heavy atom. The number of aliphatic carboxylic acids is 1. The van der Waals surface area contributed by atoms with E-state index in [1.807, 2.05) is 38.1 Å². The van der Waals surface area contributed by atoms with E-state index in [0.29, 0.717) is 11.6 Å². The molecule has 6 heteroatoms. The lowest BCUT2D eigenvalue weighted by Crippen LogP contribution is -2.40. The number of likely N-dealkylation sites (tertiary alicyclic amines) is 1. The molecule has 0 bridgehead atoms. The highest BCUT2D eigenvalue weighted by atomic mass is 16.4. The Bertz CT molecular complexity index is 1080. The van der Waals surface area contributed by atoms with Crippen molar-refractivity contribution in [2.75, 3.05) is 18.4 Å². The van der Waals surface area contributed by atoms with Crippen molar-refractivity contribution in [3.8, 4) is 0 Å². The van der Waals surface area contributed by atoms with Crippen LogP contribution in [0.2, 0.25) is 0 Å². The molecule has 1 amide bonds. The second-order valence-electron chi connectivity index (χ2n) is 9.06. The number of amides is 1. The van der Waals surface area contributed by atoms with E-state index in [1.54, 1.807) is 6.20 Å². The number of carbonyl (C=O) groups is 2. The summed E-state index contributed by atoms with van der Waals surface area (Å²) in [6.45, 7) is 5.20. The van der Waals surface area contributed by atoms with Gasteiger partial charge in [-0.15, -0.1) is 0 Å². The van der Waals surface area contributed by atoms with E-state index < -0.39 is 12.0 Å². The highest BCUT2D eigenvalue weighted by Gasteiger charge is 2.32. The van der Waals surface area contributed by atoms with Crippen molar-refractivity contribution < 1.29 is 14.7 Å². The summed E-state index contributed by atoms with van der Waals surface area (Å²) in [5.74, 6) is -0.454. The van der Waals surface area contributed by atoms with Gasteiger partial charge in [-0.05, 0) is 62.0 Å². The van der Waals surface area contributed by atoms with Crippen LogP contribution in [0.15, 0.2) is 54.7 Å². The zero-order valence-corrected chi connectivity index (χ0v) is 18.7. The molecule has 1 unspecified atom stereocenters. The van der Waals surface area contributed by atoms with Crippen molar-refractivity contribution >= 4 is 28.5 Å².